The Labute approximate surface area is 154 Å². The standard InChI is InChI=1S/C17H32N2O7/c18-5-1-3-16(21)4-2-8-23-13-14-26-15-17(22)19-6-9-24-11-12-25-10-7-20/h7H,1-6,8-15,18H2,(H,19,22). The predicted molar refractivity (Wildman–Crippen MR) is 94.9 cm³/mol. The van der Waals surface area contributed by atoms with Crippen LogP contribution < -0.4 is 11.1 Å². The molecule has 0 aliphatic heterocycles. The van der Waals surface area contributed by atoms with Crippen LogP contribution in [0.15, 0.2) is 0 Å². The van der Waals surface area contributed by atoms with Crippen molar-refractivity contribution in [1.82, 2.24) is 5.32 Å². The first-order valence-corrected chi connectivity index (χ1v) is 8.93. The number of Topliss-reactive ketones (excluding diaryl/α,β-unsaturated/α-hetero) is 1. The Bertz CT molecular complexity index is 367. The molecular formula is C17H32N2O7. The molecule has 152 valence electrons. The molecule has 0 rings (SSSR count). The molecule has 0 heterocycles. The van der Waals surface area contributed by atoms with E-state index >= 15 is 0 Å². The summed E-state index contributed by atoms with van der Waals surface area (Å²) in [7, 11) is 0. The second-order valence-electron chi connectivity index (χ2n) is 5.40. The first-order chi connectivity index (χ1) is 12.7. The van der Waals surface area contributed by atoms with E-state index in [4.69, 9.17) is 24.7 Å². The summed E-state index contributed by atoms with van der Waals surface area (Å²) < 4.78 is 20.6. The Morgan fingerprint density at radius 1 is 0.846 bits per heavy atom. The maximum Gasteiger partial charge on any atom is 0.246 e. The highest BCUT2D eigenvalue weighted by molar-refractivity contribution is 5.78. The summed E-state index contributed by atoms with van der Waals surface area (Å²) in [5, 5.41) is 2.65. The van der Waals surface area contributed by atoms with Crippen LogP contribution in [0.4, 0.5) is 0 Å². The summed E-state index contributed by atoms with van der Waals surface area (Å²) in [6.45, 7) is 3.22. The second-order valence-corrected chi connectivity index (χ2v) is 5.40. The summed E-state index contributed by atoms with van der Waals surface area (Å²) in [6.07, 6.45) is 3.14. The zero-order valence-electron chi connectivity index (χ0n) is 15.4. The molecule has 0 aliphatic rings. The van der Waals surface area contributed by atoms with Crippen LogP contribution in [0.1, 0.15) is 25.7 Å². The van der Waals surface area contributed by atoms with E-state index in [-0.39, 0.29) is 24.9 Å². The number of aldehydes is 1. The monoisotopic (exact) mass is 376 g/mol. The number of carbonyl (C=O) groups excluding carboxylic acids is 3. The molecule has 0 spiro atoms. The van der Waals surface area contributed by atoms with Crippen LogP contribution in [0.3, 0.4) is 0 Å². The average molecular weight is 376 g/mol. The lowest BCUT2D eigenvalue weighted by Gasteiger charge is -2.08. The van der Waals surface area contributed by atoms with Gasteiger partial charge in [0.25, 0.3) is 0 Å². The zero-order chi connectivity index (χ0) is 19.3. The third kappa shape index (κ3) is 18.9. The highest BCUT2D eigenvalue weighted by atomic mass is 16.5. The van der Waals surface area contributed by atoms with Crippen molar-refractivity contribution in [3.8, 4) is 0 Å². The van der Waals surface area contributed by atoms with Crippen molar-refractivity contribution >= 4 is 18.0 Å². The molecule has 0 aromatic heterocycles. The second kappa shape index (κ2) is 19.9. The Hall–Kier alpha value is -1.39. The van der Waals surface area contributed by atoms with Crippen LogP contribution in [0.2, 0.25) is 0 Å². The molecular weight excluding hydrogens is 344 g/mol. The number of nitrogens with two attached hydrogens (primary N) is 1. The SMILES string of the molecule is NCCCC(=O)CCCOCCOCC(=O)NCCOCCOCC=O. The minimum absolute atomic E-state index is 0.0383. The molecule has 0 aliphatic carbocycles. The largest absolute Gasteiger partial charge is 0.379 e. The summed E-state index contributed by atoms with van der Waals surface area (Å²) >= 11 is 0. The van der Waals surface area contributed by atoms with Crippen LogP contribution in [-0.4, -0.2) is 83.9 Å². The molecule has 0 saturated heterocycles. The fraction of sp³-hybridized carbons (Fsp3) is 0.824. The van der Waals surface area contributed by atoms with Gasteiger partial charge in [-0.05, 0) is 19.4 Å². The number of hydrogen-bond donors (Lipinski definition) is 2. The lowest BCUT2D eigenvalue weighted by atomic mass is 10.1. The summed E-state index contributed by atoms with van der Waals surface area (Å²) in [5.74, 6) is -0.0132. The maximum absolute atomic E-state index is 11.5. The minimum Gasteiger partial charge on any atom is -0.379 e. The summed E-state index contributed by atoms with van der Waals surface area (Å²) in [5.41, 5.74) is 5.34. The van der Waals surface area contributed by atoms with Gasteiger partial charge >= 0.3 is 0 Å². The van der Waals surface area contributed by atoms with Crippen molar-refractivity contribution in [2.24, 2.45) is 5.73 Å². The highest BCUT2D eigenvalue weighted by Gasteiger charge is 2.02. The molecule has 3 N–H and O–H groups in total. The number of hydrogen-bond acceptors (Lipinski definition) is 8. The molecule has 26 heavy (non-hydrogen) atoms. The van der Waals surface area contributed by atoms with Gasteiger partial charge in [0.05, 0.1) is 33.0 Å². The predicted octanol–water partition coefficient (Wildman–Crippen LogP) is -0.544. The summed E-state index contributed by atoms with van der Waals surface area (Å²) in [6, 6.07) is 0. The molecule has 0 aromatic carbocycles. The van der Waals surface area contributed by atoms with E-state index in [1.807, 2.05) is 0 Å². The first kappa shape index (κ1) is 24.6. The number of ether oxygens (including phenoxy) is 4. The fourth-order valence-electron chi connectivity index (χ4n) is 1.85. The minimum atomic E-state index is -0.226. The zero-order valence-corrected chi connectivity index (χ0v) is 15.4. The van der Waals surface area contributed by atoms with Gasteiger partial charge in [0.15, 0.2) is 0 Å². The van der Waals surface area contributed by atoms with Crippen molar-refractivity contribution in [3.05, 3.63) is 0 Å². The number of rotatable bonds is 20. The quantitative estimate of drug-likeness (QED) is 0.214. The van der Waals surface area contributed by atoms with E-state index in [0.717, 1.165) is 6.42 Å². The van der Waals surface area contributed by atoms with E-state index in [1.54, 1.807) is 0 Å². The van der Waals surface area contributed by atoms with Crippen LogP contribution in [0.25, 0.3) is 0 Å². The molecule has 0 bridgehead atoms. The van der Waals surface area contributed by atoms with Crippen LogP contribution in [0.5, 0.6) is 0 Å². The number of ketones is 1. The van der Waals surface area contributed by atoms with Gasteiger partial charge < -0.3 is 34.8 Å². The van der Waals surface area contributed by atoms with Crippen molar-refractivity contribution in [3.63, 3.8) is 0 Å². The fourth-order valence-corrected chi connectivity index (χ4v) is 1.85. The third-order valence-electron chi connectivity index (χ3n) is 3.14. The average Bonchev–Trinajstić information content (AvgIpc) is 2.64. The van der Waals surface area contributed by atoms with Crippen molar-refractivity contribution in [1.29, 1.82) is 0 Å². The number of amides is 1. The third-order valence-corrected chi connectivity index (χ3v) is 3.14. The van der Waals surface area contributed by atoms with Gasteiger partial charge in [-0.2, -0.15) is 0 Å². The van der Waals surface area contributed by atoms with Crippen molar-refractivity contribution in [2.45, 2.75) is 25.7 Å². The molecule has 1 amide bonds. The molecule has 0 aromatic rings. The van der Waals surface area contributed by atoms with Gasteiger partial charge in [0.2, 0.25) is 5.91 Å². The Morgan fingerprint density at radius 3 is 2.23 bits per heavy atom. The van der Waals surface area contributed by atoms with Crippen molar-refractivity contribution in [2.75, 3.05) is 65.9 Å². The Morgan fingerprint density at radius 2 is 1.50 bits per heavy atom. The number of nitrogens with one attached hydrogen (secondary N) is 1. The van der Waals surface area contributed by atoms with Gasteiger partial charge in [-0.25, -0.2) is 0 Å². The van der Waals surface area contributed by atoms with Gasteiger partial charge in [0, 0.05) is 26.0 Å². The molecule has 9 nitrogen and oxygen atoms in total. The lowest BCUT2D eigenvalue weighted by molar-refractivity contribution is -0.126. The van der Waals surface area contributed by atoms with E-state index in [1.165, 1.54) is 0 Å². The first-order valence-electron chi connectivity index (χ1n) is 8.93. The van der Waals surface area contributed by atoms with Gasteiger partial charge in [-0.15, -0.1) is 0 Å². The lowest BCUT2D eigenvalue weighted by Crippen LogP contribution is -2.31. The molecule has 0 radical (unpaired) electrons. The molecule has 9 heteroatoms. The topological polar surface area (TPSA) is 126 Å². The smallest absolute Gasteiger partial charge is 0.246 e. The van der Waals surface area contributed by atoms with Crippen LogP contribution >= 0.6 is 0 Å². The van der Waals surface area contributed by atoms with Gasteiger partial charge in [-0.3, -0.25) is 9.59 Å². The number of carbonyl (C=O) groups is 3. The van der Waals surface area contributed by atoms with Crippen molar-refractivity contribution < 1.29 is 33.3 Å². The normalized spacial score (nSPS) is 10.7. The molecule has 0 saturated carbocycles. The Kier molecular flexibility index (Phi) is 18.9. The Balaban J connectivity index is 3.24. The van der Waals surface area contributed by atoms with E-state index in [2.05, 4.69) is 5.32 Å². The van der Waals surface area contributed by atoms with Crippen LogP contribution in [-0.2, 0) is 33.3 Å². The van der Waals surface area contributed by atoms with E-state index in [0.29, 0.717) is 78.3 Å². The molecule has 0 fully saturated rings. The van der Waals surface area contributed by atoms with Crippen LogP contribution in [0, 0.1) is 0 Å². The molecule has 0 unspecified atom stereocenters. The summed E-state index contributed by atoms with van der Waals surface area (Å²) in [4.78, 5) is 32.9. The van der Waals surface area contributed by atoms with E-state index in [9.17, 15) is 14.4 Å². The van der Waals surface area contributed by atoms with Gasteiger partial charge in [-0.1, -0.05) is 0 Å². The van der Waals surface area contributed by atoms with E-state index < -0.39 is 0 Å². The van der Waals surface area contributed by atoms with Gasteiger partial charge in [0.1, 0.15) is 25.3 Å². The highest BCUT2D eigenvalue weighted by Crippen LogP contribution is 1.98. The maximum atomic E-state index is 11.5. The molecule has 0 atom stereocenters.